The molecule has 8 atom stereocenters. The Kier molecular flexibility index (Phi) is 4.89. The summed E-state index contributed by atoms with van der Waals surface area (Å²) < 4.78 is 56.3. The lowest BCUT2D eigenvalue weighted by atomic mass is 9.80. The molecule has 3 heterocycles. The molecule has 8 heteroatoms. The first-order valence-corrected chi connectivity index (χ1v) is 11.0. The van der Waals surface area contributed by atoms with E-state index in [-0.39, 0.29) is 40.2 Å². The van der Waals surface area contributed by atoms with Gasteiger partial charge in [-0.2, -0.15) is 0 Å². The number of rotatable bonds is 2. The Labute approximate surface area is 166 Å². The Balaban J connectivity index is 1.57. The van der Waals surface area contributed by atoms with Crippen molar-refractivity contribution in [1.82, 2.24) is 15.5 Å². The van der Waals surface area contributed by atoms with Crippen LogP contribution in [0.2, 0.25) is 0 Å². The van der Waals surface area contributed by atoms with Gasteiger partial charge < -0.3 is 5.32 Å². The molecule has 3 saturated heterocycles. The maximum absolute atomic E-state index is 14.8. The smallest absolute Gasteiger partial charge is 0.241 e. The van der Waals surface area contributed by atoms with Crippen molar-refractivity contribution >= 4 is 11.8 Å². The summed E-state index contributed by atoms with van der Waals surface area (Å²) in [6.07, 6.45) is -1.31. The summed E-state index contributed by atoms with van der Waals surface area (Å²) in [5.74, 6) is -1.79. The van der Waals surface area contributed by atoms with Gasteiger partial charge in [-0.15, -0.1) is 11.8 Å². The van der Waals surface area contributed by atoms with E-state index in [1.54, 1.807) is 11.8 Å². The minimum Gasteiger partial charge on any atom is -0.304 e. The SMILES string of the molecule is C[C@@H]1NC(c2c(F)cccc2F)C2C3C[C@@H](C(F)F)CC3SC2N2CCNC12. The maximum atomic E-state index is 14.8. The van der Waals surface area contributed by atoms with E-state index in [1.165, 1.54) is 18.2 Å². The molecule has 0 radical (unpaired) electrons. The number of benzene rings is 1. The fourth-order valence-corrected chi connectivity index (χ4v) is 8.09. The van der Waals surface area contributed by atoms with Crippen molar-refractivity contribution in [3.63, 3.8) is 0 Å². The number of thioether (sulfide) groups is 1. The Morgan fingerprint density at radius 1 is 1.18 bits per heavy atom. The van der Waals surface area contributed by atoms with Gasteiger partial charge in [0.2, 0.25) is 6.43 Å². The monoisotopic (exact) mass is 415 g/mol. The summed E-state index contributed by atoms with van der Waals surface area (Å²) in [5.41, 5.74) is 0.0623. The van der Waals surface area contributed by atoms with E-state index in [9.17, 15) is 17.6 Å². The predicted octanol–water partition coefficient (Wildman–Crippen LogP) is 3.58. The van der Waals surface area contributed by atoms with Crippen molar-refractivity contribution < 1.29 is 17.6 Å². The van der Waals surface area contributed by atoms with E-state index < -0.39 is 30.0 Å². The van der Waals surface area contributed by atoms with E-state index in [4.69, 9.17) is 0 Å². The first-order valence-electron chi connectivity index (χ1n) is 10.1. The number of nitrogens with one attached hydrogen (secondary N) is 2. The van der Waals surface area contributed by atoms with Crippen LogP contribution in [0, 0.1) is 29.4 Å². The normalized spacial score (nSPS) is 43.1. The molecule has 1 aliphatic carbocycles. The third-order valence-electron chi connectivity index (χ3n) is 7.10. The number of fused-ring (bicyclic) bond motifs is 5. The molecule has 3 aliphatic heterocycles. The van der Waals surface area contributed by atoms with Gasteiger partial charge in [0.1, 0.15) is 11.6 Å². The van der Waals surface area contributed by atoms with Gasteiger partial charge in [0, 0.05) is 47.8 Å². The molecule has 1 aromatic carbocycles. The zero-order chi connectivity index (χ0) is 19.6. The zero-order valence-corrected chi connectivity index (χ0v) is 16.4. The van der Waals surface area contributed by atoms with Crippen LogP contribution in [0.1, 0.15) is 31.4 Å². The van der Waals surface area contributed by atoms with Crippen LogP contribution in [0.5, 0.6) is 0 Å². The molecule has 1 aromatic rings. The molecule has 4 aliphatic rings. The fraction of sp³-hybridized carbons (Fsp3) is 0.700. The molecule has 3 nitrogen and oxygen atoms in total. The van der Waals surface area contributed by atoms with Crippen LogP contribution in [0.4, 0.5) is 17.6 Å². The van der Waals surface area contributed by atoms with Gasteiger partial charge in [0.05, 0.1) is 11.5 Å². The van der Waals surface area contributed by atoms with Crippen LogP contribution in [-0.4, -0.2) is 47.2 Å². The lowest BCUT2D eigenvalue weighted by Gasteiger charge is -2.34. The first kappa shape index (κ1) is 19.2. The summed E-state index contributed by atoms with van der Waals surface area (Å²) in [6, 6.07) is 3.43. The molecule has 5 rings (SSSR count). The van der Waals surface area contributed by atoms with Crippen molar-refractivity contribution in [1.29, 1.82) is 0 Å². The minimum absolute atomic E-state index is 0.0107. The molecule has 2 N–H and O–H groups in total. The lowest BCUT2D eigenvalue weighted by Crippen LogP contribution is -2.50. The van der Waals surface area contributed by atoms with Crippen molar-refractivity contribution in [2.45, 2.75) is 55.1 Å². The van der Waals surface area contributed by atoms with E-state index in [0.717, 1.165) is 13.1 Å². The third-order valence-corrected chi connectivity index (χ3v) is 8.86. The van der Waals surface area contributed by atoms with Crippen molar-refractivity contribution in [3.8, 4) is 0 Å². The van der Waals surface area contributed by atoms with Crippen LogP contribution in [0.3, 0.4) is 0 Å². The van der Waals surface area contributed by atoms with Gasteiger partial charge in [0.15, 0.2) is 0 Å². The average molecular weight is 416 g/mol. The molecule has 4 fully saturated rings. The highest BCUT2D eigenvalue weighted by Gasteiger charge is 2.58. The molecule has 154 valence electrons. The Hall–Kier alpha value is -0.830. The highest BCUT2D eigenvalue weighted by atomic mass is 32.2. The lowest BCUT2D eigenvalue weighted by molar-refractivity contribution is 0.0727. The largest absolute Gasteiger partial charge is 0.304 e. The van der Waals surface area contributed by atoms with E-state index in [1.807, 2.05) is 6.92 Å². The molecule has 6 unspecified atom stereocenters. The molecule has 0 bridgehead atoms. The molecule has 0 amide bonds. The van der Waals surface area contributed by atoms with Gasteiger partial charge in [-0.05, 0) is 37.8 Å². The van der Waals surface area contributed by atoms with Gasteiger partial charge in [-0.25, -0.2) is 17.6 Å². The standard InChI is InChI=1S/C20H25F4N3S/c1-9-19-25-5-6-27(19)20-15(11-7-10(18(23)24)8-14(11)28-20)17(26-9)16-12(21)3-2-4-13(16)22/h2-4,9-11,14-15,17-20,25-26H,5-8H2,1H3/t9-,10+,11?,14?,15?,17?,19?,20?/m0/s1. The fourth-order valence-electron chi connectivity index (χ4n) is 5.95. The third kappa shape index (κ3) is 2.90. The summed E-state index contributed by atoms with van der Waals surface area (Å²) in [6.45, 7) is 3.77. The molecule has 28 heavy (non-hydrogen) atoms. The van der Waals surface area contributed by atoms with E-state index in [2.05, 4.69) is 15.5 Å². The molecule has 0 aromatic heterocycles. The average Bonchev–Trinajstić information content (AvgIpc) is 3.32. The van der Waals surface area contributed by atoms with Crippen LogP contribution < -0.4 is 10.6 Å². The first-order chi connectivity index (χ1) is 13.5. The Morgan fingerprint density at radius 2 is 1.93 bits per heavy atom. The van der Waals surface area contributed by atoms with Gasteiger partial charge in [-0.1, -0.05) is 6.07 Å². The van der Waals surface area contributed by atoms with Crippen LogP contribution >= 0.6 is 11.8 Å². The Bertz CT molecular complexity index is 730. The molecular formula is C20H25F4N3S. The van der Waals surface area contributed by atoms with Crippen molar-refractivity contribution in [2.24, 2.45) is 17.8 Å². The Morgan fingerprint density at radius 3 is 2.64 bits per heavy atom. The van der Waals surface area contributed by atoms with Crippen molar-refractivity contribution in [2.75, 3.05) is 13.1 Å². The summed E-state index contributed by atoms with van der Waals surface area (Å²) >= 11 is 1.76. The number of nitrogens with zero attached hydrogens (tertiary/aromatic N) is 1. The molecule has 0 spiro atoms. The minimum atomic E-state index is -2.33. The number of hydrogen-bond acceptors (Lipinski definition) is 4. The van der Waals surface area contributed by atoms with Crippen molar-refractivity contribution in [3.05, 3.63) is 35.4 Å². The summed E-state index contributed by atoms with van der Waals surface area (Å²) in [7, 11) is 0. The van der Waals surface area contributed by atoms with Gasteiger partial charge in [-0.3, -0.25) is 10.2 Å². The zero-order valence-electron chi connectivity index (χ0n) is 15.6. The predicted molar refractivity (Wildman–Crippen MR) is 101 cm³/mol. The van der Waals surface area contributed by atoms with Crippen LogP contribution in [0.25, 0.3) is 0 Å². The van der Waals surface area contributed by atoms with Gasteiger partial charge >= 0.3 is 0 Å². The topological polar surface area (TPSA) is 27.3 Å². The number of hydrogen-bond donors (Lipinski definition) is 2. The second-order valence-electron chi connectivity index (χ2n) is 8.58. The summed E-state index contributed by atoms with van der Waals surface area (Å²) in [5, 5.41) is 7.20. The van der Waals surface area contributed by atoms with Crippen LogP contribution in [0.15, 0.2) is 18.2 Å². The summed E-state index contributed by atoms with van der Waals surface area (Å²) in [4.78, 5) is 2.39. The van der Waals surface area contributed by atoms with Gasteiger partial charge in [0.25, 0.3) is 0 Å². The highest BCUT2D eigenvalue weighted by Crippen LogP contribution is 2.59. The molecular weight excluding hydrogens is 390 g/mol. The quantitative estimate of drug-likeness (QED) is 0.722. The van der Waals surface area contributed by atoms with E-state index in [0.29, 0.717) is 12.8 Å². The maximum Gasteiger partial charge on any atom is 0.241 e. The second kappa shape index (κ2) is 7.15. The highest BCUT2D eigenvalue weighted by molar-refractivity contribution is 8.00. The number of halogens is 4. The number of alkyl halides is 2. The molecule has 1 saturated carbocycles. The van der Waals surface area contributed by atoms with E-state index >= 15 is 0 Å². The van der Waals surface area contributed by atoms with Crippen LogP contribution in [-0.2, 0) is 0 Å². The second-order valence-corrected chi connectivity index (χ2v) is 9.94.